The van der Waals surface area contributed by atoms with E-state index in [4.69, 9.17) is 5.11 Å². The van der Waals surface area contributed by atoms with Crippen molar-refractivity contribution in [3.8, 4) is 0 Å². The summed E-state index contributed by atoms with van der Waals surface area (Å²) in [5.41, 5.74) is 0.239. The molecule has 0 spiro atoms. The first-order valence-corrected chi connectivity index (χ1v) is 6.62. The molecule has 1 heterocycles. The molecule has 7 heteroatoms. The highest BCUT2D eigenvalue weighted by Gasteiger charge is 2.25. The number of rotatable bonds is 6. The van der Waals surface area contributed by atoms with Crippen molar-refractivity contribution < 1.29 is 19.5 Å². The second-order valence-corrected chi connectivity index (χ2v) is 4.79. The van der Waals surface area contributed by atoms with Gasteiger partial charge in [0.25, 0.3) is 5.91 Å². The molecule has 0 radical (unpaired) electrons. The van der Waals surface area contributed by atoms with Crippen LogP contribution in [0.5, 0.6) is 0 Å². The molecular formula is C14H19N3O4. The van der Waals surface area contributed by atoms with Gasteiger partial charge in [-0.1, -0.05) is 20.3 Å². The molecular weight excluding hydrogens is 274 g/mol. The molecule has 21 heavy (non-hydrogen) atoms. The van der Waals surface area contributed by atoms with E-state index in [-0.39, 0.29) is 23.2 Å². The summed E-state index contributed by atoms with van der Waals surface area (Å²) >= 11 is 0. The van der Waals surface area contributed by atoms with Crippen LogP contribution in [-0.4, -0.2) is 33.9 Å². The third kappa shape index (κ3) is 4.87. The molecule has 0 aromatic carbocycles. The van der Waals surface area contributed by atoms with E-state index < -0.39 is 17.9 Å². The average Bonchev–Trinajstić information content (AvgIpc) is 2.42. The first-order chi connectivity index (χ1) is 9.85. The number of pyridine rings is 1. The third-order valence-electron chi connectivity index (χ3n) is 3.09. The van der Waals surface area contributed by atoms with E-state index in [9.17, 15) is 14.4 Å². The van der Waals surface area contributed by atoms with Crippen molar-refractivity contribution in [3.63, 3.8) is 0 Å². The highest BCUT2D eigenvalue weighted by Crippen LogP contribution is 2.11. The largest absolute Gasteiger partial charge is 0.480 e. The molecule has 2 unspecified atom stereocenters. The molecule has 1 rings (SSSR count). The summed E-state index contributed by atoms with van der Waals surface area (Å²) in [6.07, 6.45) is 2.00. The first-order valence-electron chi connectivity index (χ1n) is 6.62. The van der Waals surface area contributed by atoms with Crippen LogP contribution in [-0.2, 0) is 9.59 Å². The minimum atomic E-state index is -1.08. The molecule has 0 bridgehead atoms. The minimum absolute atomic E-state index is 0.192. The number of carbonyl (C=O) groups excluding carboxylic acids is 2. The number of nitrogens with zero attached hydrogens (tertiary/aromatic N) is 1. The first kappa shape index (κ1) is 16.6. The van der Waals surface area contributed by atoms with Crippen LogP contribution in [0, 0.1) is 5.92 Å². The molecule has 0 saturated heterocycles. The van der Waals surface area contributed by atoms with E-state index in [0.717, 1.165) is 0 Å². The number of carbonyl (C=O) groups is 3. The molecule has 114 valence electrons. The molecule has 0 saturated carbocycles. The van der Waals surface area contributed by atoms with E-state index in [0.29, 0.717) is 6.42 Å². The van der Waals surface area contributed by atoms with E-state index in [1.807, 2.05) is 6.92 Å². The van der Waals surface area contributed by atoms with E-state index >= 15 is 0 Å². The molecule has 0 aliphatic heterocycles. The van der Waals surface area contributed by atoms with Crippen LogP contribution in [0.25, 0.3) is 0 Å². The number of nitrogens with one attached hydrogen (secondary N) is 2. The van der Waals surface area contributed by atoms with Gasteiger partial charge < -0.3 is 15.7 Å². The Morgan fingerprint density at radius 2 is 2.05 bits per heavy atom. The normalized spacial score (nSPS) is 13.1. The maximum atomic E-state index is 12.1. The number of anilines is 1. The van der Waals surface area contributed by atoms with Gasteiger partial charge in [0.2, 0.25) is 5.91 Å². The molecule has 2 atom stereocenters. The molecule has 1 aromatic rings. The zero-order valence-corrected chi connectivity index (χ0v) is 12.2. The number of hydrogen-bond acceptors (Lipinski definition) is 4. The summed E-state index contributed by atoms with van der Waals surface area (Å²) in [6.45, 7) is 4.94. The topological polar surface area (TPSA) is 108 Å². The molecule has 0 fully saturated rings. The van der Waals surface area contributed by atoms with Crippen molar-refractivity contribution in [1.29, 1.82) is 0 Å². The lowest BCUT2D eigenvalue weighted by molar-refractivity contribution is -0.140. The lowest BCUT2D eigenvalue weighted by Crippen LogP contribution is -2.45. The summed E-state index contributed by atoms with van der Waals surface area (Å²) in [5, 5.41) is 14.1. The molecule has 7 nitrogen and oxygen atoms in total. The standard InChI is InChI=1S/C14H19N3O4/c1-4-8(2)12(14(20)21)17-13(19)10-5-6-15-11(7-10)16-9(3)18/h5-8,12H,4H2,1-3H3,(H,17,19)(H,20,21)(H,15,16,18). The van der Waals surface area contributed by atoms with Gasteiger partial charge in [-0.25, -0.2) is 9.78 Å². The van der Waals surface area contributed by atoms with Gasteiger partial charge in [-0.2, -0.15) is 0 Å². The van der Waals surface area contributed by atoms with Gasteiger partial charge in [-0.3, -0.25) is 9.59 Å². The van der Waals surface area contributed by atoms with Crippen LogP contribution < -0.4 is 10.6 Å². The monoisotopic (exact) mass is 293 g/mol. The highest BCUT2D eigenvalue weighted by molar-refractivity contribution is 5.98. The van der Waals surface area contributed by atoms with Gasteiger partial charge in [-0.05, 0) is 18.1 Å². The van der Waals surface area contributed by atoms with Crippen molar-refractivity contribution in [2.24, 2.45) is 5.92 Å². The second-order valence-electron chi connectivity index (χ2n) is 4.79. The summed E-state index contributed by atoms with van der Waals surface area (Å²) in [6, 6.07) is 1.89. The van der Waals surface area contributed by atoms with E-state index in [1.54, 1.807) is 6.92 Å². The SMILES string of the molecule is CCC(C)C(NC(=O)c1ccnc(NC(C)=O)c1)C(=O)O. The van der Waals surface area contributed by atoms with Gasteiger partial charge >= 0.3 is 5.97 Å². The van der Waals surface area contributed by atoms with Crippen molar-refractivity contribution in [2.45, 2.75) is 33.2 Å². The molecule has 3 N–H and O–H groups in total. The summed E-state index contributed by atoms with van der Waals surface area (Å²) in [5.74, 6) is -1.85. The smallest absolute Gasteiger partial charge is 0.326 e. The van der Waals surface area contributed by atoms with E-state index in [2.05, 4.69) is 15.6 Å². The van der Waals surface area contributed by atoms with Crippen LogP contribution in [0.15, 0.2) is 18.3 Å². The average molecular weight is 293 g/mol. The Morgan fingerprint density at radius 3 is 2.57 bits per heavy atom. The van der Waals surface area contributed by atoms with Gasteiger partial charge in [0, 0.05) is 18.7 Å². The van der Waals surface area contributed by atoms with Crippen LogP contribution in [0.3, 0.4) is 0 Å². The fourth-order valence-corrected chi connectivity index (χ4v) is 1.73. The Bertz CT molecular complexity index is 545. The summed E-state index contributed by atoms with van der Waals surface area (Å²) in [7, 11) is 0. The third-order valence-corrected chi connectivity index (χ3v) is 3.09. The number of carboxylic acid groups (broad SMARTS) is 1. The Hall–Kier alpha value is -2.44. The summed E-state index contributed by atoms with van der Waals surface area (Å²) < 4.78 is 0. The summed E-state index contributed by atoms with van der Waals surface area (Å²) in [4.78, 5) is 38.2. The Balaban J connectivity index is 2.87. The van der Waals surface area contributed by atoms with Crippen molar-refractivity contribution in [2.75, 3.05) is 5.32 Å². The van der Waals surface area contributed by atoms with Gasteiger partial charge in [0.05, 0.1) is 0 Å². The maximum Gasteiger partial charge on any atom is 0.326 e. The predicted octanol–water partition coefficient (Wildman–Crippen LogP) is 1.27. The van der Waals surface area contributed by atoms with Crippen LogP contribution >= 0.6 is 0 Å². The number of aliphatic carboxylic acids is 1. The lowest BCUT2D eigenvalue weighted by atomic mass is 9.99. The van der Waals surface area contributed by atoms with Gasteiger partial charge in [-0.15, -0.1) is 0 Å². The molecule has 2 amide bonds. The lowest BCUT2D eigenvalue weighted by Gasteiger charge is -2.20. The number of carboxylic acids is 1. The van der Waals surface area contributed by atoms with Crippen LogP contribution in [0.1, 0.15) is 37.6 Å². The van der Waals surface area contributed by atoms with Crippen LogP contribution in [0.4, 0.5) is 5.82 Å². The maximum absolute atomic E-state index is 12.1. The minimum Gasteiger partial charge on any atom is -0.480 e. The Kier molecular flexibility index (Phi) is 5.83. The highest BCUT2D eigenvalue weighted by atomic mass is 16.4. The Morgan fingerprint density at radius 1 is 1.38 bits per heavy atom. The zero-order chi connectivity index (χ0) is 16.0. The van der Waals surface area contributed by atoms with Gasteiger partial charge in [0.1, 0.15) is 11.9 Å². The molecule has 0 aliphatic rings. The molecule has 1 aromatic heterocycles. The Labute approximate surface area is 122 Å². The fraction of sp³-hybridized carbons (Fsp3) is 0.429. The number of aromatic nitrogens is 1. The van der Waals surface area contributed by atoms with Crippen LogP contribution in [0.2, 0.25) is 0 Å². The molecule has 0 aliphatic carbocycles. The van der Waals surface area contributed by atoms with E-state index in [1.165, 1.54) is 25.3 Å². The van der Waals surface area contributed by atoms with Gasteiger partial charge in [0.15, 0.2) is 0 Å². The quantitative estimate of drug-likeness (QED) is 0.732. The van der Waals surface area contributed by atoms with Crippen molar-refractivity contribution >= 4 is 23.6 Å². The number of hydrogen-bond donors (Lipinski definition) is 3. The predicted molar refractivity (Wildman–Crippen MR) is 76.9 cm³/mol. The van der Waals surface area contributed by atoms with Crippen molar-refractivity contribution in [3.05, 3.63) is 23.9 Å². The second kappa shape index (κ2) is 7.37. The van der Waals surface area contributed by atoms with Crippen molar-refractivity contribution in [1.82, 2.24) is 10.3 Å². The fourth-order valence-electron chi connectivity index (χ4n) is 1.73. The number of amides is 2. The zero-order valence-electron chi connectivity index (χ0n) is 12.2.